The third-order valence-corrected chi connectivity index (χ3v) is 3.47. The Morgan fingerprint density at radius 1 is 1.22 bits per heavy atom. The molecular weight excluding hydrogens is 325 g/mol. The minimum atomic E-state index is -0.666. The Morgan fingerprint density at radius 3 is 2.70 bits per heavy atom. The largest absolute Gasteiger partial charge is 0.459 e. The van der Waals surface area contributed by atoms with Crippen molar-refractivity contribution in [2.75, 3.05) is 0 Å². The SMILES string of the molecule is O=C(Cn1c(=O)oc2cc(Cl)ccc21)OCc1ccc(F)cc1. The summed E-state index contributed by atoms with van der Waals surface area (Å²) < 4.78 is 24.1. The van der Waals surface area contributed by atoms with Crippen molar-refractivity contribution in [3.05, 3.63) is 69.4 Å². The molecule has 0 unspecified atom stereocenters. The van der Waals surface area contributed by atoms with Crippen molar-refractivity contribution in [2.45, 2.75) is 13.2 Å². The van der Waals surface area contributed by atoms with Gasteiger partial charge in [0.25, 0.3) is 0 Å². The lowest BCUT2D eigenvalue weighted by atomic mass is 10.2. The van der Waals surface area contributed by atoms with Gasteiger partial charge in [0, 0.05) is 11.1 Å². The molecule has 1 aromatic heterocycles. The molecule has 0 spiro atoms. The van der Waals surface area contributed by atoms with Gasteiger partial charge >= 0.3 is 11.7 Å². The predicted octanol–water partition coefficient (Wildman–Crippen LogP) is 3.13. The molecule has 118 valence electrons. The van der Waals surface area contributed by atoms with E-state index in [0.717, 1.165) is 0 Å². The Balaban J connectivity index is 1.71. The van der Waals surface area contributed by atoms with Gasteiger partial charge in [-0.2, -0.15) is 0 Å². The van der Waals surface area contributed by atoms with Gasteiger partial charge in [-0.3, -0.25) is 9.36 Å². The molecule has 0 saturated heterocycles. The molecule has 0 aliphatic rings. The van der Waals surface area contributed by atoms with Gasteiger partial charge in [0.1, 0.15) is 19.0 Å². The minimum Gasteiger partial charge on any atom is -0.459 e. The van der Waals surface area contributed by atoms with E-state index in [9.17, 15) is 14.0 Å². The summed E-state index contributed by atoms with van der Waals surface area (Å²) in [5, 5.41) is 0.428. The number of hydrogen-bond donors (Lipinski definition) is 0. The monoisotopic (exact) mass is 335 g/mol. The number of oxazole rings is 1. The van der Waals surface area contributed by atoms with Crippen LogP contribution in [0.2, 0.25) is 5.02 Å². The van der Waals surface area contributed by atoms with E-state index in [0.29, 0.717) is 21.7 Å². The van der Waals surface area contributed by atoms with Crippen molar-refractivity contribution in [1.82, 2.24) is 4.57 Å². The van der Waals surface area contributed by atoms with E-state index >= 15 is 0 Å². The molecule has 0 fully saturated rings. The zero-order valence-corrected chi connectivity index (χ0v) is 12.5. The summed E-state index contributed by atoms with van der Waals surface area (Å²) in [6.45, 7) is -0.288. The fourth-order valence-corrected chi connectivity index (χ4v) is 2.27. The number of esters is 1. The van der Waals surface area contributed by atoms with Crippen LogP contribution in [0.5, 0.6) is 0 Å². The van der Waals surface area contributed by atoms with E-state index in [1.54, 1.807) is 12.1 Å². The van der Waals surface area contributed by atoms with Crippen molar-refractivity contribution in [2.24, 2.45) is 0 Å². The van der Waals surface area contributed by atoms with Crippen LogP contribution < -0.4 is 5.76 Å². The van der Waals surface area contributed by atoms with Gasteiger partial charge in [0.15, 0.2) is 5.58 Å². The molecule has 0 aliphatic heterocycles. The van der Waals surface area contributed by atoms with Crippen LogP contribution in [0.25, 0.3) is 11.1 Å². The van der Waals surface area contributed by atoms with E-state index in [4.69, 9.17) is 20.8 Å². The molecule has 2 aromatic carbocycles. The molecule has 0 N–H and O–H groups in total. The average molecular weight is 336 g/mol. The first-order valence-corrected chi connectivity index (χ1v) is 7.10. The number of carbonyl (C=O) groups is 1. The molecule has 3 aromatic rings. The molecule has 0 atom stereocenters. The maximum absolute atomic E-state index is 12.8. The number of benzene rings is 2. The number of rotatable bonds is 4. The predicted molar refractivity (Wildman–Crippen MR) is 81.7 cm³/mol. The average Bonchev–Trinajstić information content (AvgIpc) is 2.82. The molecule has 0 bridgehead atoms. The van der Waals surface area contributed by atoms with E-state index in [1.165, 1.54) is 34.9 Å². The summed E-state index contributed by atoms with van der Waals surface area (Å²) in [6.07, 6.45) is 0. The van der Waals surface area contributed by atoms with Crippen molar-refractivity contribution in [3.8, 4) is 0 Å². The molecule has 1 heterocycles. The summed E-state index contributed by atoms with van der Waals surface area (Å²) in [7, 11) is 0. The third-order valence-electron chi connectivity index (χ3n) is 3.23. The third kappa shape index (κ3) is 3.43. The highest BCUT2D eigenvalue weighted by molar-refractivity contribution is 6.31. The Kier molecular flexibility index (Phi) is 4.16. The Labute approximate surface area is 134 Å². The highest BCUT2D eigenvalue weighted by Crippen LogP contribution is 2.18. The number of carbonyl (C=O) groups excluding carboxylic acids is 1. The fraction of sp³-hybridized carbons (Fsp3) is 0.125. The Bertz CT molecular complexity index is 914. The van der Waals surface area contributed by atoms with Crippen LogP contribution in [-0.2, 0) is 22.7 Å². The quantitative estimate of drug-likeness (QED) is 0.687. The molecule has 0 amide bonds. The zero-order chi connectivity index (χ0) is 16.4. The van der Waals surface area contributed by atoms with E-state index < -0.39 is 11.7 Å². The molecule has 23 heavy (non-hydrogen) atoms. The second-order valence-corrected chi connectivity index (χ2v) is 5.29. The zero-order valence-electron chi connectivity index (χ0n) is 11.8. The second-order valence-electron chi connectivity index (χ2n) is 4.85. The lowest BCUT2D eigenvalue weighted by molar-refractivity contribution is -0.145. The van der Waals surface area contributed by atoms with Gasteiger partial charge in [-0.15, -0.1) is 0 Å². The van der Waals surface area contributed by atoms with E-state index in [1.807, 2.05) is 0 Å². The van der Waals surface area contributed by atoms with E-state index in [2.05, 4.69) is 0 Å². The maximum Gasteiger partial charge on any atom is 0.420 e. The molecule has 0 aliphatic carbocycles. The lowest BCUT2D eigenvalue weighted by Crippen LogP contribution is -2.21. The molecule has 5 nitrogen and oxygen atoms in total. The maximum atomic E-state index is 12.8. The number of aromatic nitrogens is 1. The van der Waals surface area contributed by atoms with Crippen molar-refractivity contribution in [1.29, 1.82) is 0 Å². The number of ether oxygens (including phenoxy) is 1. The summed E-state index contributed by atoms with van der Waals surface area (Å²) in [4.78, 5) is 23.7. The number of hydrogen-bond acceptors (Lipinski definition) is 4. The topological polar surface area (TPSA) is 61.4 Å². The van der Waals surface area contributed by atoms with Gasteiger partial charge in [-0.1, -0.05) is 23.7 Å². The van der Waals surface area contributed by atoms with Crippen LogP contribution in [0.3, 0.4) is 0 Å². The first-order valence-electron chi connectivity index (χ1n) is 6.72. The van der Waals surface area contributed by atoms with Gasteiger partial charge in [-0.05, 0) is 29.8 Å². The van der Waals surface area contributed by atoms with Crippen LogP contribution >= 0.6 is 11.6 Å². The number of halogens is 2. The first kappa shape index (κ1) is 15.3. The number of fused-ring (bicyclic) bond motifs is 1. The first-order chi connectivity index (χ1) is 11.0. The normalized spacial score (nSPS) is 10.9. The lowest BCUT2D eigenvalue weighted by Gasteiger charge is -2.05. The standard InChI is InChI=1S/C16H11ClFNO4/c17-11-3-6-13-14(7-11)23-16(21)19(13)8-15(20)22-9-10-1-4-12(18)5-2-10/h1-7H,8-9H2. The van der Waals surface area contributed by atoms with Crippen LogP contribution in [-0.4, -0.2) is 10.5 Å². The Hall–Kier alpha value is -2.60. The van der Waals surface area contributed by atoms with Crippen LogP contribution in [0.4, 0.5) is 4.39 Å². The van der Waals surface area contributed by atoms with Crippen LogP contribution in [0.1, 0.15) is 5.56 Å². The molecule has 0 radical (unpaired) electrons. The molecular formula is C16H11ClFNO4. The van der Waals surface area contributed by atoms with Crippen LogP contribution in [0, 0.1) is 5.82 Å². The van der Waals surface area contributed by atoms with Gasteiger partial charge in [0.05, 0.1) is 5.52 Å². The fourth-order valence-electron chi connectivity index (χ4n) is 2.11. The van der Waals surface area contributed by atoms with Crippen molar-refractivity contribution >= 4 is 28.7 Å². The minimum absolute atomic E-state index is 0.00449. The van der Waals surface area contributed by atoms with E-state index in [-0.39, 0.29) is 19.0 Å². The van der Waals surface area contributed by atoms with Crippen LogP contribution in [0.15, 0.2) is 51.7 Å². The van der Waals surface area contributed by atoms with Gasteiger partial charge < -0.3 is 9.15 Å². The summed E-state index contributed by atoms with van der Waals surface area (Å²) in [5.74, 6) is -1.63. The van der Waals surface area contributed by atoms with Crippen molar-refractivity contribution in [3.63, 3.8) is 0 Å². The summed E-state index contributed by atoms with van der Waals surface area (Å²) in [6, 6.07) is 10.3. The van der Waals surface area contributed by atoms with Gasteiger partial charge in [0.2, 0.25) is 0 Å². The highest BCUT2D eigenvalue weighted by Gasteiger charge is 2.14. The summed E-state index contributed by atoms with van der Waals surface area (Å²) >= 11 is 5.83. The van der Waals surface area contributed by atoms with Crippen molar-refractivity contribution < 1.29 is 18.3 Å². The smallest absolute Gasteiger partial charge is 0.420 e. The molecule has 3 rings (SSSR count). The summed E-state index contributed by atoms with van der Waals surface area (Å²) in [5.41, 5.74) is 1.41. The van der Waals surface area contributed by atoms with Gasteiger partial charge in [-0.25, -0.2) is 9.18 Å². The highest BCUT2D eigenvalue weighted by atomic mass is 35.5. The Morgan fingerprint density at radius 2 is 1.96 bits per heavy atom. The molecule has 7 heteroatoms. The second kappa shape index (κ2) is 6.26. The molecule has 0 saturated carbocycles. The number of nitrogens with zero attached hydrogens (tertiary/aromatic N) is 1.